The number of esters is 1. The van der Waals surface area contributed by atoms with Crippen molar-refractivity contribution in [3.8, 4) is 0 Å². The second kappa shape index (κ2) is 8.39. The molecule has 1 N–H and O–H groups in total. The SMILES string of the molecule is COC(=O)Cc1cc(=O)[nH]c(S[C@@H](C)C(=O)N2CCc3ccccc3C2)n1. The molecule has 0 radical (unpaired) electrons. The zero-order valence-electron chi connectivity index (χ0n) is 15.2. The highest BCUT2D eigenvalue weighted by Crippen LogP contribution is 2.24. The average Bonchev–Trinajstić information content (AvgIpc) is 2.66. The van der Waals surface area contributed by atoms with Crippen molar-refractivity contribution < 1.29 is 14.3 Å². The number of aromatic amines is 1. The van der Waals surface area contributed by atoms with Gasteiger partial charge in [0.2, 0.25) is 5.91 Å². The smallest absolute Gasteiger partial charge is 0.311 e. The fraction of sp³-hybridized carbons (Fsp3) is 0.368. The van der Waals surface area contributed by atoms with Gasteiger partial charge in [0.05, 0.1) is 24.5 Å². The fourth-order valence-corrected chi connectivity index (χ4v) is 3.92. The monoisotopic (exact) mass is 387 g/mol. The number of ether oxygens (including phenoxy) is 1. The molecule has 0 unspecified atom stereocenters. The Kier molecular flexibility index (Phi) is 5.95. The maximum atomic E-state index is 12.8. The van der Waals surface area contributed by atoms with Gasteiger partial charge in [0.1, 0.15) is 0 Å². The summed E-state index contributed by atoms with van der Waals surface area (Å²) in [4.78, 5) is 44.7. The minimum atomic E-state index is -0.472. The molecule has 0 saturated heterocycles. The van der Waals surface area contributed by atoms with Crippen LogP contribution in [0.5, 0.6) is 0 Å². The highest BCUT2D eigenvalue weighted by Gasteiger charge is 2.25. The summed E-state index contributed by atoms with van der Waals surface area (Å²) >= 11 is 1.18. The first-order valence-corrected chi connectivity index (χ1v) is 9.53. The number of aromatic nitrogens is 2. The molecule has 2 heterocycles. The number of fused-ring (bicyclic) bond motifs is 1. The van der Waals surface area contributed by atoms with Gasteiger partial charge in [-0.2, -0.15) is 0 Å². The van der Waals surface area contributed by atoms with Crippen LogP contribution >= 0.6 is 11.8 Å². The Labute approximate surface area is 161 Å². The van der Waals surface area contributed by atoms with Crippen molar-refractivity contribution >= 4 is 23.6 Å². The number of benzene rings is 1. The van der Waals surface area contributed by atoms with Crippen molar-refractivity contribution in [1.82, 2.24) is 14.9 Å². The lowest BCUT2D eigenvalue weighted by molar-refractivity contribution is -0.139. The van der Waals surface area contributed by atoms with Gasteiger partial charge in [0.25, 0.3) is 5.56 Å². The summed E-state index contributed by atoms with van der Waals surface area (Å²) < 4.78 is 4.60. The summed E-state index contributed by atoms with van der Waals surface area (Å²) in [5.74, 6) is -0.476. The minimum absolute atomic E-state index is 0.00415. The van der Waals surface area contributed by atoms with Crippen molar-refractivity contribution in [3.05, 3.63) is 57.5 Å². The molecule has 0 fully saturated rings. The molecule has 8 heteroatoms. The third-order valence-corrected chi connectivity index (χ3v) is 5.38. The van der Waals surface area contributed by atoms with E-state index in [1.807, 2.05) is 23.1 Å². The quantitative estimate of drug-likeness (QED) is 0.475. The molecule has 1 amide bonds. The average molecular weight is 387 g/mol. The van der Waals surface area contributed by atoms with Crippen molar-refractivity contribution in [3.63, 3.8) is 0 Å². The third kappa shape index (κ3) is 4.77. The van der Waals surface area contributed by atoms with Crippen molar-refractivity contribution in [2.24, 2.45) is 0 Å². The van der Waals surface area contributed by atoms with Gasteiger partial charge in [-0.25, -0.2) is 4.98 Å². The van der Waals surface area contributed by atoms with E-state index >= 15 is 0 Å². The number of amides is 1. The molecule has 1 aromatic heterocycles. The molecular weight excluding hydrogens is 366 g/mol. The van der Waals surface area contributed by atoms with Crippen molar-refractivity contribution in [2.45, 2.75) is 36.7 Å². The largest absolute Gasteiger partial charge is 0.469 e. The lowest BCUT2D eigenvalue weighted by atomic mass is 10.00. The molecule has 7 nitrogen and oxygen atoms in total. The molecule has 142 valence electrons. The van der Waals surface area contributed by atoms with E-state index in [4.69, 9.17) is 0 Å². The van der Waals surface area contributed by atoms with E-state index in [9.17, 15) is 14.4 Å². The van der Waals surface area contributed by atoms with Gasteiger partial charge >= 0.3 is 5.97 Å². The van der Waals surface area contributed by atoms with Crippen molar-refractivity contribution in [1.29, 1.82) is 0 Å². The summed E-state index contributed by atoms with van der Waals surface area (Å²) in [6, 6.07) is 9.39. The Bertz CT molecular complexity index is 912. The van der Waals surface area contributed by atoms with Gasteiger partial charge in [-0.05, 0) is 24.5 Å². The molecule has 0 spiro atoms. The second-order valence-corrected chi connectivity index (χ2v) is 7.66. The molecule has 27 heavy (non-hydrogen) atoms. The van der Waals surface area contributed by atoms with Gasteiger partial charge in [-0.3, -0.25) is 14.4 Å². The van der Waals surface area contributed by atoms with E-state index in [0.717, 1.165) is 6.42 Å². The molecule has 0 aliphatic carbocycles. The Morgan fingerprint density at radius 2 is 2.07 bits per heavy atom. The minimum Gasteiger partial charge on any atom is -0.469 e. The first kappa shape index (κ1) is 19.2. The molecule has 2 aromatic rings. The Morgan fingerprint density at radius 1 is 1.33 bits per heavy atom. The van der Waals surface area contributed by atoms with E-state index in [1.54, 1.807) is 6.92 Å². The first-order chi connectivity index (χ1) is 13.0. The fourth-order valence-electron chi connectivity index (χ4n) is 3.01. The Balaban J connectivity index is 1.68. The topological polar surface area (TPSA) is 92.4 Å². The summed E-state index contributed by atoms with van der Waals surface area (Å²) in [6.07, 6.45) is 0.752. The van der Waals surface area contributed by atoms with E-state index in [-0.39, 0.29) is 17.9 Å². The molecular formula is C19H21N3O4S. The van der Waals surface area contributed by atoms with Crippen LogP contribution in [0, 0.1) is 0 Å². The van der Waals surface area contributed by atoms with Crippen LogP contribution in [0.4, 0.5) is 0 Å². The number of nitrogens with zero attached hydrogens (tertiary/aromatic N) is 2. The molecule has 1 aliphatic rings. The van der Waals surface area contributed by atoms with Crippen LogP contribution in [0.2, 0.25) is 0 Å². The van der Waals surface area contributed by atoms with E-state index in [1.165, 1.54) is 36.1 Å². The van der Waals surface area contributed by atoms with Crippen molar-refractivity contribution in [2.75, 3.05) is 13.7 Å². The molecule has 1 aliphatic heterocycles. The zero-order valence-corrected chi connectivity index (χ0v) is 16.0. The van der Waals surface area contributed by atoms with Gasteiger partial charge < -0.3 is 14.6 Å². The molecule has 0 bridgehead atoms. The highest BCUT2D eigenvalue weighted by atomic mass is 32.2. The summed E-state index contributed by atoms with van der Waals surface area (Å²) in [5.41, 5.74) is 2.40. The lowest BCUT2D eigenvalue weighted by Gasteiger charge is -2.30. The summed E-state index contributed by atoms with van der Waals surface area (Å²) in [6.45, 7) is 3.06. The van der Waals surface area contributed by atoms with Crippen LogP contribution in [0.15, 0.2) is 40.3 Å². The van der Waals surface area contributed by atoms with E-state index in [0.29, 0.717) is 23.9 Å². The van der Waals surface area contributed by atoms with Crippen LogP contribution in [-0.4, -0.2) is 45.6 Å². The van der Waals surface area contributed by atoms with Crippen LogP contribution in [0.1, 0.15) is 23.7 Å². The number of thioether (sulfide) groups is 1. The van der Waals surface area contributed by atoms with E-state index in [2.05, 4.69) is 20.8 Å². The van der Waals surface area contributed by atoms with Gasteiger partial charge in [0.15, 0.2) is 5.16 Å². The van der Waals surface area contributed by atoms with Crippen LogP contribution in [0.25, 0.3) is 0 Å². The van der Waals surface area contributed by atoms with Gasteiger partial charge in [-0.1, -0.05) is 36.0 Å². The number of carbonyl (C=O) groups excluding carboxylic acids is 2. The second-order valence-electron chi connectivity index (χ2n) is 6.33. The standard InChI is InChI=1S/C19H21N3O4S/c1-12(18(25)22-8-7-13-5-3-4-6-14(13)11-22)27-19-20-15(9-16(23)21-19)10-17(24)26-2/h3-6,9,12H,7-8,10-11H2,1-2H3,(H,20,21,23)/t12-/m0/s1. The first-order valence-electron chi connectivity index (χ1n) is 8.65. The number of rotatable bonds is 5. The highest BCUT2D eigenvalue weighted by molar-refractivity contribution is 8.00. The van der Waals surface area contributed by atoms with Gasteiger partial charge in [0, 0.05) is 19.2 Å². The summed E-state index contributed by atoms with van der Waals surface area (Å²) in [7, 11) is 1.28. The summed E-state index contributed by atoms with van der Waals surface area (Å²) in [5, 5.41) is -0.0912. The maximum Gasteiger partial charge on any atom is 0.311 e. The van der Waals surface area contributed by atoms with Gasteiger partial charge in [-0.15, -0.1) is 0 Å². The Morgan fingerprint density at radius 3 is 2.81 bits per heavy atom. The maximum absolute atomic E-state index is 12.8. The predicted molar refractivity (Wildman–Crippen MR) is 101 cm³/mol. The number of hydrogen-bond acceptors (Lipinski definition) is 6. The number of methoxy groups -OCH3 is 1. The number of H-pyrrole nitrogens is 1. The third-order valence-electron chi connectivity index (χ3n) is 4.40. The Hall–Kier alpha value is -2.61. The number of carbonyl (C=O) groups is 2. The van der Waals surface area contributed by atoms with E-state index < -0.39 is 11.2 Å². The normalized spacial score (nSPS) is 14.4. The van der Waals surface area contributed by atoms with Crippen LogP contribution < -0.4 is 5.56 Å². The molecule has 1 aromatic carbocycles. The molecule has 3 rings (SSSR count). The predicted octanol–water partition coefficient (Wildman–Crippen LogP) is 1.55. The molecule has 1 atom stereocenters. The molecule has 0 saturated carbocycles. The van der Waals surface area contributed by atoms with Crippen LogP contribution in [-0.2, 0) is 33.7 Å². The zero-order chi connectivity index (χ0) is 19.4. The lowest BCUT2D eigenvalue weighted by Crippen LogP contribution is -2.40. The number of nitrogens with one attached hydrogen (secondary N) is 1. The number of hydrogen-bond donors (Lipinski definition) is 1. The van der Waals surface area contributed by atoms with Crippen LogP contribution in [0.3, 0.4) is 0 Å².